The quantitative estimate of drug-likeness (QED) is 0.718. The molecule has 1 unspecified atom stereocenters. The maximum atomic E-state index is 11.6. The molecule has 0 saturated carbocycles. The van der Waals surface area contributed by atoms with Gasteiger partial charge in [0, 0.05) is 5.54 Å². The average Bonchev–Trinajstić information content (AvgIpc) is 2.09. The van der Waals surface area contributed by atoms with Gasteiger partial charge in [-0.2, -0.15) is 0 Å². The van der Waals surface area contributed by atoms with Crippen LogP contribution in [-0.4, -0.2) is 30.7 Å². The Morgan fingerprint density at radius 2 is 1.69 bits per heavy atom. The molecule has 0 radical (unpaired) electrons. The van der Waals surface area contributed by atoms with Crippen LogP contribution in [0.3, 0.4) is 0 Å². The Morgan fingerprint density at radius 1 is 1.19 bits per heavy atom. The van der Waals surface area contributed by atoms with Crippen molar-refractivity contribution in [2.24, 2.45) is 5.92 Å². The summed E-state index contributed by atoms with van der Waals surface area (Å²) in [5, 5.41) is 5.32. The fourth-order valence-electron chi connectivity index (χ4n) is 1.14. The van der Waals surface area contributed by atoms with Crippen molar-refractivity contribution in [2.75, 3.05) is 7.11 Å². The van der Waals surface area contributed by atoms with Crippen molar-refractivity contribution in [1.29, 1.82) is 0 Å². The van der Waals surface area contributed by atoms with Crippen LogP contribution in [0.25, 0.3) is 0 Å². The summed E-state index contributed by atoms with van der Waals surface area (Å²) in [5.74, 6) is -0.447. The Balaban J connectivity index is 4.42. The number of amides is 2. The first-order valence-corrected chi connectivity index (χ1v) is 5.34. The zero-order valence-corrected chi connectivity index (χ0v) is 10.9. The first-order valence-electron chi connectivity index (χ1n) is 5.34. The van der Waals surface area contributed by atoms with Crippen molar-refractivity contribution in [3.05, 3.63) is 0 Å². The van der Waals surface area contributed by atoms with E-state index in [1.165, 1.54) is 7.11 Å². The number of carbonyl (C=O) groups excluding carboxylic acids is 2. The smallest absolute Gasteiger partial charge is 0.328 e. The van der Waals surface area contributed by atoms with E-state index in [2.05, 4.69) is 15.4 Å². The van der Waals surface area contributed by atoms with Gasteiger partial charge in [0.2, 0.25) is 0 Å². The first-order chi connectivity index (χ1) is 7.17. The van der Waals surface area contributed by atoms with E-state index in [1.807, 2.05) is 34.6 Å². The molecule has 0 heterocycles. The Hall–Kier alpha value is -1.26. The Morgan fingerprint density at radius 3 is 2.00 bits per heavy atom. The number of carbonyl (C=O) groups is 2. The van der Waals surface area contributed by atoms with E-state index in [9.17, 15) is 9.59 Å². The van der Waals surface area contributed by atoms with Crippen LogP contribution in [0.4, 0.5) is 4.79 Å². The summed E-state index contributed by atoms with van der Waals surface area (Å²) in [6.07, 6.45) is 0. The number of esters is 1. The van der Waals surface area contributed by atoms with Crippen molar-refractivity contribution in [3.8, 4) is 0 Å². The predicted octanol–water partition coefficient (Wildman–Crippen LogP) is 1.28. The Labute approximate surface area is 96.9 Å². The molecular formula is C11H22N2O3. The largest absolute Gasteiger partial charge is 0.467 e. The highest BCUT2D eigenvalue weighted by Gasteiger charge is 2.26. The molecule has 2 amide bonds. The summed E-state index contributed by atoms with van der Waals surface area (Å²) < 4.78 is 4.62. The van der Waals surface area contributed by atoms with Crippen LogP contribution in [0.1, 0.15) is 34.6 Å². The molecule has 1 atom stereocenters. The van der Waals surface area contributed by atoms with E-state index in [-0.39, 0.29) is 17.5 Å². The molecule has 5 heteroatoms. The van der Waals surface area contributed by atoms with Crippen molar-refractivity contribution in [3.63, 3.8) is 0 Å². The Kier molecular flexibility index (Phi) is 5.27. The van der Waals surface area contributed by atoms with Gasteiger partial charge >= 0.3 is 12.0 Å². The van der Waals surface area contributed by atoms with E-state index < -0.39 is 12.0 Å². The van der Waals surface area contributed by atoms with Gasteiger partial charge in [-0.1, -0.05) is 13.8 Å². The second kappa shape index (κ2) is 5.72. The normalized spacial score (nSPS) is 13.2. The molecule has 0 aromatic carbocycles. The maximum Gasteiger partial charge on any atom is 0.328 e. The summed E-state index contributed by atoms with van der Waals surface area (Å²) in [7, 11) is 1.31. The maximum absolute atomic E-state index is 11.6. The summed E-state index contributed by atoms with van der Waals surface area (Å²) in [6.45, 7) is 9.30. The van der Waals surface area contributed by atoms with Gasteiger partial charge in [-0.05, 0) is 26.7 Å². The fourth-order valence-corrected chi connectivity index (χ4v) is 1.14. The average molecular weight is 230 g/mol. The lowest BCUT2D eigenvalue weighted by Gasteiger charge is -2.25. The topological polar surface area (TPSA) is 67.4 Å². The number of rotatable bonds is 3. The molecule has 0 fully saturated rings. The highest BCUT2D eigenvalue weighted by atomic mass is 16.5. The van der Waals surface area contributed by atoms with Crippen LogP contribution >= 0.6 is 0 Å². The molecule has 0 saturated heterocycles. The number of hydrogen-bond acceptors (Lipinski definition) is 3. The van der Waals surface area contributed by atoms with Crippen LogP contribution in [0.15, 0.2) is 0 Å². The minimum absolute atomic E-state index is 0.0156. The summed E-state index contributed by atoms with van der Waals surface area (Å²) in [6, 6.07) is -0.982. The van der Waals surface area contributed by atoms with Gasteiger partial charge in [0.1, 0.15) is 6.04 Å². The van der Waals surface area contributed by atoms with Crippen molar-refractivity contribution < 1.29 is 14.3 Å². The van der Waals surface area contributed by atoms with Crippen LogP contribution in [0, 0.1) is 5.92 Å². The lowest BCUT2D eigenvalue weighted by molar-refractivity contribution is -0.144. The molecule has 0 rings (SSSR count). The standard InChI is InChI=1S/C11H22N2O3/c1-7(2)8(9(14)16-6)12-10(15)13-11(3,4)5/h7-8H,1-6H3,(H2,12,13,15). The van der Waals surface area contributed by atoms with Gasteiger partial charge in [0.15, 0.2) is 0 Å². The van der Waals surface area contributed by atoms with Gasteiger partial charge < -0.3 is 15.4 Å². The summed E-state index contributed by atoms with van der Waals surface area (Å²) >= 11 is 0. The van der Waals surface area contributed by atoms with Gasteiger partial charge in [-0.15, -0.1) is 0 Å². The monoisotopic (exact) mass is 230 g/mol. The number of nitrogens with one attached hydrogen (secondary N) is 2. The van der Waals surface area contributed by atoms with E-state index in [0.717, 1.165) is 0 Å². The molecule has 0 spiro atoms. The van der Waals surface area contributed by atoms with Gasteiger partial charge in [0.25, 0.3) is 0 Å². The van der Waals surface area contributed by atoms with Crippen molar-refractivity contribution in [1.82, 2.24) is 10.6 Å². The highest BCUT2D eigenvalue weighted by molar-refractivity contribution is 5.83. The zero-order valence-electron chi connectivity index (χ0n) is 10.9. The van der Waals surface area contributed by atoms with Gasteiger partial charge in [0.05, 0.1) is 7.11 Å². The fraction of sp³-hybridized carbons (Fsp3) is 0.818. The van der Waals surface area contributed by atoms with E-state index in [1.54, 1.807) is 0 Å². The third-order valence-electron chi connectivity index (χ3n) is 1.90. The molecule has 16 heavy (non-hydrogen) atoms. The Bertz CT molecular complexity index is 256. The van der Waals surface area contributed by atoms with Crippen molar-refractivity contribution in [2.45, 2.75) is 46.2 Å². The van der Waals surface area contributed by atoms with Gasteiger partial charge in [-0.25, -0.2) is 9.59 Å². The molecule has 0 bridgehead atoms. The molecule has 94 valence electrons. The molecular weight excluding hydrogens is 208 g/mol. The van der Waals surface area contributed by atoms with E-state index in [4.69, 9.17) is 0 Å². The number of methoxy groups -OCH3 is 1. The number of urea groups is 1. The molecule has 0 aromatic heterocycles. The van der Waals surface area contributed by atoms with Crippen molar-refractivity contribution >= 4 is 12.0 Å². The molecule has 0 aliphatic carbocycles. The minimum atomic E-state index is -0.618. The first kappa shape index (κ1) is 14.7. The summed E-state index contributed by atoms with van der Waals surface area (Å²) in [5.41, 5.74) is -0.332. The SMILES string of the molecule is COC(=O)C(NC(=O)NC(C)(C)C)C(C)C. The third-order valence-corrected chi connectivity index (χ3v) is 1.90. The van der Waals surface area contributed by atoms with Crippen LogP contribution < -0.4 is 10.6 Å². The second-order valence-electron chi connectivity index (χ2n) is 5.09. The zero-order chi connectivity index (χ0) is 12.9. The molecule has 0 aliphatic heterocycles. The van der Waals surface area contributed by atoms with E-state index >= 15 is 0 Å². The molecule has 0 aromatic rings. The predicted molar refractivity (Wildman–Crippen MR) is 62.1 cm³/mol. The van der Waals surface area contributed by atoms with Crippen LogP contribution in [-0.2, 0) is 9.53 Å². The molecule has 5 nitrogen and oxygen atoms in total. The minimum Gasteiger partial charge on any atom is -0.467 e. The van der Waals surface area contributed by atoms with Gasteiger partial charge in [-0.3, -0.25) is 0 Å². The van der Waals surface area contributed by atoms with Crippen LogP contribution in [0.5, 0.6) is 0 Å². The number of hydrogen-bond donors (Lipinski definition) is 2. The molecule has 0 aliphatic rings. The van der Waals surface area contributed by atoms with Crippen LogP contribution in [0.2, 0.25) is 0 Å². The third kappa shape index (κ3) is 5.58. The molecule has 2 N–H and O–H groups in total. The highest BCUT2D eigenvalue weighted by Crippen LogP contribution is 2.04. The lowest BCUT2D eigenvalue weighted by atomic mass is 10.0. The lowest BCUT2D eigenvalue weighted by Crippen LogP contribution is -2.53. The summed E-state index contributed by atoms with van der Waals surface area (Å²) in [4.78, 5) is 23.0. The second-order valence-corrected chi connectivity index (χ2v) is 5.09. The van der Waals surface area contributed by atoms with E-state index in [0.29, 0.717) is 0 Å². The number of ether oxygens (including phenoxy) is 1.